The summed E-state index contributed by atoms with van der Waals surface area (Å²) in [6.45, 7) is 1.98. The summed E-state index contributed by atoms with van der Waals surface area (Å²) in [7, 11) is 1.67. The molecule has 0 saturated heterocycles. The Bertz CT molecular complexity index is 1240. The Hall–Kier alpha value is -3.69. The number of hydrogen-bond acceptors (Lipinski definition) is 5. The van der Waals surface area contributed by atoms with Crippen molar-refractivity contribution in [2.75, 3.05) is 7.05 Å². The quantitative estimate of drug-likeness (QED) is 0.605. The lowest BCUT2D eigenvalue weighted by atomic mass is 9.79. The lowest BCUT2D eigenvalue weighted by molar-refractivity contribution is -0.133. The summed E-state index contributed by atoms with van der Waals surface area (Å²) in [5.41, 5.74) is 9.02. The molecule has 2 atom stereocenters. The molecule has 2 aromatic carbocycles. The molecule has 32 heavy (non-hydrogen) atoms. The standard InChI is InChI=1S/C26H24N4OS/c1-26(23-15-21(17-32-23)20-12-6-11-19(14-20)16-27)22(24(31)30(2)25(28)29-26)13-7-10-18-8-4-3-5-9-18/h3-12,14-15,17,22H,13H2,1-2H3,(H2,28,29)/t22?,26-/m0/s1. The third-order valence-corrected chi connectivity index (χ3v) is 7.06. The molecule has 4 rings (SSSR count). The van der Waals surface area contributed by atoms with Crippen LogP contribution in [0, 0.1) is 17.2 Å². The molecule has 0 aliphatic carbocycles. The van der Waals surface area contributed by atoms with Gasteiger partial charge in [0.2, 0.25) is 5.91 Å². The van der Waals surface area contributed by atoms with Crippen molar-refractivity contribution in [2.24, 2.45) is 16.6 Å². The summed E-state index contributed by atoms with van der Waals surface area (Å²) < 4.78 is 0. The third kappa shape index (κ3) is 4.08. The number of rotatable bonds is 5. The first-order chi connectivity index (χ1) is 15.4. The van der Waals surface area contributed by atoms with E-state index < -0.39 is 5.54 Å². The second-order valence-electron chi connectivity index (χ2n) is 8.01. The van der Waals surface area contributed by atoms with Gasteiger partial charge in [0.05, 0.1) is 17.6 Å². The van der Waals surface area contributed by atoms with Crippen LogP contribution in [0.1, 0.15) is 29.3 Å². The largest absolute Gasteiger partial charge is 0.369 e. The van der Waals surface area contributed by atoms with Crippen molar-refractivity contribution in [1.29, 1.82) is 5.26 Å². The Morgan fingerprint density at radius 1 is 1.19 bits per heavy atom. The molecule has 0 bridgehead atoms. The van der Waals surface area contributed by atoms with E-state index in [0.717, 1.165) is 21.6 Å². The highest BCUT2D eigenvalue weighted by atomic mass is 32.1. The number of nitrogens with zero attached hydrogens (tertiary/aromatic N) is 3. The van der Waals surface area contributed by atoms with Crippen molar-refractivity contribution in [2.45, 2.75) is 18.9 Å². The number of carbonyl (C=O) groups is 1. The average molecular weight is 441 g/mol. The highest BCUT2D eigenvalue weighted by molar-refractivity contribution is 7.10. The summed E-state index contributed by atoms with van der Waals surface area (Å²) in [5, 5.41) is 11.3. The van der Waals surface area contributed by atoms with Gasteiger partial charge in [0, 0.05) is 11.9 Å². The first kappa shape index (κ1) is 21.5. The van der Waals surface area contributed by atoms with E-state index in [9.17, 15) is 10.1 Å². The van der Waals surface area contributed by atoms with Gasteiger partial charge in [-0.25, -0.2) is 4.99 Å². The number of thiophene rings is 1. The zero-order valence-electron chi connectivity index (χ0n) is 18.0. The van der Waals surface area contributed by atoms with Gasteiger partial charge in [0.15, 0.2) is 5.96 Å². The summed E-state index contributed by atoms with van der Waals surface area (Å²) in [6.07, 6.45) is 4.61. The molecule has 1 aliphatic heterocycles. The maximum absolute atomic E-state index is 13.2. The number of hydrogen-bond donors (Lipinski definition) is 1. The van der Waals surface area contributed by atoms with Crippen LogP contribution in [0.5, 0.6) is 0 Å². The predicted molar refractivity (Wildman–Crippen MR) is 130 cm³/mol. The summed E-state index contributed by atoms with van der Waals surface area (Å²) in [5.74, 6) is -0.196. The fourth-order valence-corrected chi connectivity index (χ4v) is 5.04. The van der Waals surface area contributed by atoms with E-state index in [1.807, 2.05) is 73.0 Å². The highest BCUT2D eigenvalue weighted by Crippen LogP contribution is 2.44. The summed E-state index contributed by atoms with van der Waals surface area (Å²) in [4.78, 5) is 20.4. The molecule has 0 fully saturated rings. The molecular formula is C26H24N4OS. The summed E-state index contributed by atoms with van der Waals surface area (Å²) in [6, 6.07) is 21.8. The highest BCUT2D eigenvalue weighted by Gasteiger charge is 2.46. The Kier molecular flexibility index (Phi) is 5.93. The second kappa shape index (κ2) is 8.81. The average Bonchev–Trinajstić information content (AvgIpc) is 3.32. The maximum Gasteiger partial charge on any atom is 0.235 e. The van der Waals surface area contributed by atoms with Gasteiger partial charge in [-0.15, -0.1) is 11.3 Å². The van der Waals surface area contributed by atoms with Gasteiger partial charge in [-0.1, -0.05) is 54.6 Å². The fraction of sp³-hybridized carbons (Fsp3) is 0.192. The molecule has 5 nitrogen and oxygen atoms in total. The van der Waals surface area contributed by atoms with E-state index in [-0.39, 0.29) is 17.8 Å². The van der Waals surface area contributed by atoms with E-state index in [4.69, 9.17) is 10.7 Å². The van der Waals surface area contributed by atoms with Crippen LogP contribution in [0.15, 0.2) is 77.1 Å². The van der Waals surface area contributed by atoms with Gasteiger partial charge in [-0.2, -0.15) is 5.26 Å². The number of aliphatic imine (C=N–C) groups is 1. The van der Waals surface area contributed by atoms with Crippen molar-refractivity contribution < 1.29 is 4.79 Å². The minimum absolute atomic E-state index is 0.0425. The first-order valence-electron chi connectivity index (χ1n) is 10.4. The predicted octanol–water partition coefficient (Wildman–Crippen LogP) is 5.01. The van der Waals surface area contributed by atoms with E-state index in [1.165, 1.54) is 4.90 Å². The Morgan fingerprint density at radius 2 is 1.97 bits per heavy atom. The number of carbonyl (C=O) groups excluding carboxylic acids is 1. The number of guanidine groups is 1. The smallest absolute Gasteiger partial charge is 0.235 e. The molecule has 160 valence electrons. The topological polar surface area (TPSA) is 82.5 Å². The lowest BCUT2D eigenvalue weighted by Crippen LogP contribution is -2.53. The van der Waals surface area contributed by atoms with Crippen LogP contribution < -0.4 is 5.73 Å². The van der Waals surface area contributed by atoms with Gasteiger partial charge in [0.25, 0.3) is 0 Å². The number of benzene rings is 2. The second-order valence-corrected chi connectivity index (χ2v) is 8.92. The van der Waals surface area contributed by atoms with Crippen LogP contribution in [0.4, 0.5) is 0 Å². The molecule has 1 amide bonds. The van der Waals surface area contributed by atoms with Gasteiger partial charge >= 0.3 is 0 Å². The van der Waals surface area contributed by atoms with Gasteiger partial charge in [-0.3, -0.25) is 9.69 Å². The molecule has 0 spiro atoms. The van der Waals surface area contributed by atoms with E-state index in [0.29, 0.717) is 12.0 Å². The molecule has 2 N–H and O–H groups in total. The van der Waals surface area contributed by atoms with Crippen LogP contribution in [0.25, 0.3) is 17.2 Å². The third-order valence-electron chi connectivity index (χ3n) is 5.90. The maximum atomic E-state index is 13.2. The van der Waals surface area contributed by atoms with Crippen LogP contribution in [-0.2, 0) is 10.3 Å². The molecule has 3 aromatic rings. The molecule has 2 heterocycles. The lowest BCUT2D eigenvalue weighted by Gasteiger charge is -2.39. The van der Waals surface area contributed by atoms with Crippen LogP contribution in [0.3, 0.4) is 0 Å². The van der Waals surface area contributed by atoms with Crippen molar-refractivity contribution in [3.05, 3.63) is 88.1 Å². The minimum atomic E-state index is -0.773. The van der Waals surface area contributed by atoms with Gasteiger partial charge in [0.1, 0.15) is 5.54 Å². The van der Waals surface area contributed by atoms with Crippen LogP contribution >= 0.6 is 11.3 Å². The van der Waals surface area contributed by atoms with Crippen molar-refractivity contribution in [3.8, 4) is 17.2 Å². The number of nitrogens with two attached hydrogens (primary N) is 1. The van der Waals surface area contributed by atoms with Crippen molar-refractivity contribution >= 4 is 29.3 Å². The number of nitriles is 1. The zero-order valence-corrected chi connectivity index (χ0v) is 18.8. The zero-order chi connectivity index (χ0) is 22.7. The minimum Gasteiger partial charge on any atom is -0.369 e. The normalized spacial score (nSPS) is 20.9. The molecule has 0 radical (unpaired) electrons. The number of amides is 1. The fourth-order valence-electron chi connectivity index (χ4n) is 3.96. The molecule has 6 heteroatoms. The Morgan fingerprint density at radius 3 is 2.72 bits per heavy atom. The van der Waals surface area contributed by atoms with Crippen molar-refractivity contribution in [3.63, 3.8) is 0 Å². The SMILES string of the molecule is CN1C(=O)C(CC=Cc2ccccc2)[C@@](C)(c2cc(-c3cccc(C#N)c3)cs2)N=C1N. The molecule has 0 saturated carbocycles. The molecule has 1 aromatic heterocycles. The van der Waals surface area contributed by atoms with Gasteiger partial charge < -0.3 is 5.73 Å². The molecule has 1 unspecified atom stereocenters. The van der Waals surface area contributed by atoms with Crippen molar-refractivity contribution in [1.82, 2.24) is 4.90 Å². The van der Waals surface area contributed by atoms with Gasteiger partial charge in [-0.05, 0) is 53.6 Å². The molecular weight excluding hydrogens is 416 g/mol. The number of allylic oxidation sites excluding steroid dienone is 1. The van der Waals surface area contributed by atoms with E-state index in [1.54, 1.807) is 24.5 Å². The van der Waals surface area contributed by atoms with E-state index >= 15 is 0 Å². The Labute approximate surface area is 192 Å². The van der Waals surface area contributed by atoms with E-state index in [2.05, 4.69) is 12.1 Å². The molecule has 1 aliphatic rings. The van der Waals surface area contributed by atoms with Crippen LogP contribution in [-0.4, -0.2) is 23.8 Å². The monoisotopic (exact) mass is 440 g/mol. The first-order valence-corrected chi connectivity index (χ1v) is 11.2. The van der Waals surface area contributed by atoms with Crippen LogP contribution in [0.2, 0.25) is 0 Å². The summed E-state index contributed by atoms with van der Waals surface area (Å²) >= 11 is 1.56. The Balaban J connectivity index is 1.69.